The number of amides is 1. The summed E-state index contributed by atoms with van der Waals surface area (Å²) in [5, 5.41) is 3.48. The minimum atomic E-state index is -0.992. The Morgan fingerprint density at radius 3 is 2.69 bits per heavy atom. The second kappa shape index (κ2) is 8.54. The van der Waals surface area contributed by atoms with Crippen LogP contribution in [0.1, 0.15) is 23.7 Å². The second-order valence-corrected chi connectivity index (χ2v) is 6.94. The molecular formula is C20H23ClN2O3. The van der Waals surface area contributed by atoms with E-state index in [0.29, 0.717) is 17.3 Å². The van der Waals surface area contributed by atoms with Crippen molar-refractivity contribution in [3.63, 3.8) is 0 Å². The average Bonchev–Trinajstić information content (AvgIpc) is 2.64. The molecule has 2 aromatic rings. The van der Waals surface area contributed by atoms with E-state index in [9.17, 15) is 4.79 Å². The predicted octanol–water partition coefficient (Wildman–Crippen LogP) is 3.23. The van der Waals surface area contributed by atoms with E-state index in [1.54, 1.807) is 12.1 Å². The topological polar surface area (TPSA) is 50.8 Å². The lowest BCUT2D eigenvalue weighted by atomic mass is 9.99. The summed E-state index contributed by atoms with van der Waals surface area (Å²) in [6, 6.07) is 15.1. The van der Waals surface area contributed by atoms with Gasteiger partial charge in [-0.15, -0.1) is 0 Å². The van der Waals surface area contributed by atoms with Crippen LogP contribution in [0, 0.1) is 0 Å². The first-order chi connectivity index (χ1) is 12.5. The summed E-state index contributed by atoms with van der Waals surface area (Å²) in [5.74, 6) is 0.341. The summed E-state index contributed by atoms with van der Waals surface area (Å²) in [6.07, 6.45) is -0.538. The quantitative estimate of drug-likeness (QED) is 0.789. The van der Waals surface area contributed by atoms with Gasteiger partial charge in [0.05, 0.1) is 0 Å². The van der Waals surface area contributed by atoms with Crippen molar-refractivity contribution in [2.45, 2.75) is 18.8 Å². The monoisotopic (exact) mass is 374 g/mol. The van der Waals surface area contributed by atoms with Gasteiger partial charge >= 0.3 is 0 Å². The van der Waals surface area contributed by atoms with E-state index in [0.717, 1.165) is 24.1 Å². The molecule has 0 fully saturated rings. The zero-order chi connectivity index (χ0) is 18.5. The smallest absolute Gasteiger partial charge is 0.289 e. The molecular weight excluding hydrogens is 352 g/mol. The number of carbonyl (C=O) groups excluding carboxylic acids is 1. The molecule has 0 radical (unpaired) electrons. The molecule has 26 heavy (non-hydrogen) atoms. The summed E-state index contributed by atoms with van der Waals surface area (Å²) in [4.78, 5) is 14.6. The van der Waals surface area contributed by atoms with Crippen molar-refractivity contribution in [1.82, 2.24) is 10.2 Å². The Morgan fingerprint density at radius 2 is 1.96 bits per heavy atom. The molecule has 6 heteroatoms. The fraction of sp³-hybridized carbons (Fsp3) is 0.350. The maximum Gasteiger partial charge on any atom is 0.289 e. The molecule has 1 aliphatic rings. The van der Waals surface area contributed by atoms with Crippen molar-refractivity contribution in [3.05, 3.63) is 64.7 Å². The molecule has 1 heterocycles. The minimum absolute atomic E-state index is 0.273. The standard InChI is InChI=1S/C20H23ClN2O3/c1-23(2)12-6-11-22-19(24)20-25-17-10-9-15(21)13-16(17)18(26-20)14-7-4-3-5-8-14/h3-5,7-10,13,18,20H,6,11-12H2,1-2H3,(H,22,24)/t18-,20+/m1/s1. The Labute approximate surface area is 158 Å². The Hall–Kier alpha value is -2.08. The number of rotatable bonds is 6. The van der Waals surface area contributed by atoms with E-state index in [1.165, 1.54) is 0 Å². The first-order valence-corrected chi connectivity index (χ1v) is 9.01. The Bertz CT molecular complexity index is 752. The Morgan fingerprint density at radius 1 is 1.19 bits per heavy atom. The van der Waals surface area contributed by atoms with E-state index < -0.39 is 12.4 Å². The molecule has 3 rings (SSSR count). The number of fused-ring (bicyclic) bond motifs is 1. The minimum Gasteiger partial charge on any atom is -0.455 e. The van der Waals surface area contributed by atoms with E-state index in [1.807, 2.05) is 50.5 Å². The lowest BCUT2D eigenvalue weighted by molar-refractivity contribution is -0.165. The van der Waals surface area contributed by atoms with Gasteiger partial charge in [0.2, 0.25) is 0 Å². The summed E-state index contributed by atoms with van der Waals surface area (Å²) < 4.78 is 11.8. The van der Waals surface area contributed by atoms with Crippen LogP contribution in [-0.2, 0) is 9.53 Å². The van der Waals surface area contributed by atoms with Gasteiger partial charge in [0.25, 0.3) is 12.2 Å². The predicted molar refractivity (Wildman–Crippen MR) is 101 cm³/mol. The molecule has 0 aromatic heterocycles. The number of hydrogen-bond acceptors (Lipinski definition) is 4. The van der Waals surface area contributed by atoms with Gasteiger partial charge in [0.15, 0.2) is 0 Å². The SMILES string of the molecule is CN(C)CCCNC(=O)[C@H]1Oc2ccc(Cl)cc2[C@@H](c2ccccc2)O1. The summed E-state index contributed by atoms with van der Waals surface area (Å²) >= 11 is 6.14. The maximum atomic E-state index is 12.5. The van der Waals surface area contributed by atoms with Crippen LogP contribution in [0.2, 0.25) is 5.02 Å². The van der Waals surface area contributed by atoms with Crippen LogP contribution in [0.25, 0.3) is 0 Å². The number of benzene rings is 2. The number of ether oxygens (including phenoxy) is 2. The third-order valence-corrected chi connectivity index (χ3v) is 4.38. The molecule has 0 aliphatic carbocycles. The van der Waals surface area contributed by atoms with Gasteiger partial charge in [0, 0.05) is 17.1 Å². The zero-order valence-electron chi connectivity index (χ0n) is 14.9. The van der Waals surface area contributed by atoms with Crippen molar-refractivity contribution in [2.75, 3.05) is 27.2 Å². The number of halogens is 1. The third kappa shape index (κ3) is 4.55. The molecule has 138 valence electrons. The zero-order valence-corrected chi connectivity index (χ0v) is 15.7. The van der Waals surface area contributed by atoms with Crippen molar-refractivity contribution in [2.24, 2.45) is 0 Å². The highest BCUT2D eigenvalue weighted by Gasteiger charge is 2.34. The van der Waals surface area contributed by atoms with E-state index in [4.69, 9.17) is 21.1 Å². The highest BCUT2D eigenvalue weighted by Crippen LogP contribution is 2.39. The lowest BCUT2D eigenvalue weighted by Gasteiger charge is -2.32. The van der Waals surface area contributed by atoms with Crippen LogP contribution >= 0.6 is 11.6 Å². The fourth-order valence-electron chi connectivity index (χ4n) is 2.86. The van der Waals surface area contributed by atoms with Crippen molar-refractivity contribution < 1.29 is 14.3 Å². The average molecular weight is 375 g/mol. The highest BCUT2D eigenvalue weighted by atomic mass is 35.5. The number of hydrogen-bond donors (Lipinski definition) is 1. The maximum absolute atomic E-state index is 12.5. The van der Waals surface area contributed by atoms with Crippen LogP contribution in [0.3, 0.4) is 0 Å². The van der Waals surface area contributed by atoms with E-state index in [-0.39, 0.29) is 5.91 Å². The molecule has 2 aromatic carbocycles. The molecule has 1 aliphatic heterocycles. The van der Waals surface area contributed by atoms with Crippen LogP contribution in [0.4, 0.5) is 0 Å². The first-order valence-electron chi connectivity index (χ1n) is 8.63. The van der Waals surface area contributed by atoms with E-state index in [2.05, 4.69) is 10.2 Å². The Balaban J connectivity index is 1.76. The van der Waals surface area contributed by atoms with Crippen LogP contribution in [-0.4, -0.2) is 44.3 Å². The van der Waals surface area contributed by atoms with Gasteiger partial charge in [-0.3, -0.25) is 4.79 Å². The molecule has 0 saturated carbocycles. The molecule has 0 saturated heterocycles. The van der Waals surface area contributed by atoms with Gasteiger partial charge in [-0.1, -0.05) is 41.9 Å². The number of nitrogens with zero attached hydrogens (tertiary/aromatic N) is 1. The molecule has 5 nitrogen and oxygen atoms in total. The molecule has 1 amide bonds. The second-order valence-electron chi connectivity index (χ2n) is 6.51. The lowest BCUT2D eigenvalue weighted by Crippen LogP contribution is -2.43. The van der Waals surface area contributed by atoms with Crippen LogP contribution in [0.5, 0.6) is 5.75 Å². The van der Waals surface area contributed by atoms with Gasteiger partial charge in [-0.25, -0.2) is 0 Å². The van der Waals surface area contributed by atoms with Gasteiger partial charge < -0.3 is 19.7 Å². The molecule has 0 unspecified atom stereocenters. The Kier molecular flexibility index (Phi) is 6.14. The van der Waals surface area contributed by atoms with Crippen molar-refractivity contribution in [3.8, 4) is 5.75 Å². The van der Waals surface area contributed by atoms with Crippen LogP contribution in [0.15, 0.2) is 48.5 Å². The van der Waals surface area contributed by atoms with Crippen LogP contribution < -0.4 is 10.1 Å². The number of nitrogens with one attached hydrogen (secondary N) is 1. The van der Waals surface area contributed by atoms with Gasteiger partial charge in [-0.05, 0) is 50.8 Å². The summed E-state index contributed by atoms with van der Waals surface area (Å²) in [5.41, 5.74) is 1.77. The van der Waals surface area contributed by atoms with Gasteiger partial charge in [-0.2, -0.15) is 0 Å². The van der Waals surface area contributed by atoms with Crippen molar-refractivity contribution >= 4 is 17.5 Å². The molecule has 2 atom stereocenters. The molecule has 0 spiro atoms. The van der Waals surface area contributed by atoms with E-state index >= 15 is 0 Å². The normalized spacial score (nSPS) is 18.9. The summed E-state index contributed by atoms with van der Waals surface area (Å²) in [7, 11) is 4.00. The molecule has 0 bridgehead atoms. The largest absolute Gasteiger partial charge is 0.455 e. The molecule has 1 N–H and O–H groups in total. The van der Waals surface area contributed by atoms with Gasteiger partial charge in [0.1, 0.15) is 11.9 Å². The highest BCUT2D eigenvalue weighted by molar-refractivity contribution is 6.30. The first kappa shape index (κ1) is 18.7. The van der Waals surface area contributed by atoms with Crippen molar-refractivity contribution in [1.29, 1.82) is 0 Å². The summed E-state index contributed by atoms with van der Waals surface area (Å²) in [6.45, 7) is 1.48. The third-order valence-electron chi connectivity index (χ3n) is 4.15. The number of carbonyl (C=O) groups is 1. The fourth-order valence-corrected chi connectivity index (χ4v) is 3.04.